The van der Waals surface area contributed by atoms with Crippen molar-refractivity contribution in [1.29, 1.82) is 0 Å². The number of allylic oxidation sites excluding steroid dienone is 3. The molecule has 23 nitrogen and oxygen atoms in total. The van der Waals surface area contributed by atoms with Crippen LogP contribution >= 0.6 is 0 Å². The highest BCUT2D eigenvalue weighted by atomic mass is 16.8. The summed E-state index contributed by atoms with van der Waals surface area (Å²) in [5.41, 5.74) is 0. The van der Waals surface area contributed by atoms with Crippen molar-refractivity contribution >= 4 is 17.8 Å². The van der Waals surface area contributed by atoms with E-state index in [0.29, 0.717) is 12.8 Å². The van der Waals surface area contributed by atoms with Crippen molar-refractivity contribution in [2.45, 2.75) is 304 Å². The van der Waals surface area contributed by atoms with E-state index in [4.69, 9.17) is 28.4 Å². The van der Waals surface area contributed by atoms with Crippen LogP contribution in [0.15, 0.2) is 24.3 Å². The predicted molar refractivity (Wildman–Crippen MR) is 301 cm³/mol. The first-order chi connectivity index (χ1) is 39.4. The number of carbonyl (C=O) groups is 3. The number of aliphatic hydroxyl groups excluding tert-OH is 11. The van der Waals surface area contributed by atoms with Crippen molar-refractivity contribution in [1.82, 2.24) is 10.6 Å². The second kappa shape index (κ2) is 41.3. The lowest BCUT2D eigenvalue weighted by Crippen LogP contribution is -2.70. The van der Waals surface area contributed by atoms with E-state index in [-0.39, 0.29) is 12.3 Å². The molecule has 478 valence electrons. The lowest BCUT2D eigenvalue weighted by Gasteiger charge is -2.50. The summed E-state index contributed by atoms with van der Waals surface area (Å²) in [4.78, 5) is 38.4. The highest BCUT2D eigenvalue weighted by molar-refractivity contribution is 5.77. The largest absolute Gasteiger partial charge is 0.477 e. The number of ether oxygens (including phenoxy) is 6. The number of carboxylic acid groups (broad SMARTS) is 1. The zero-order valence-corrected chi connectivity index (χ0v) is 49.1. The van der Waals surface area contributed by atoms with Crippen LogP contribution in [0, 0.1) is 0 Å². The SMILES string of the molecule is CCCCCC/C=C\CCCCCCCCCC(=O)NC(COC1OC(CO)C(OC2OC(CO)C(O)C(OC3(C(=O)O)CC(O)C(NC(C)=O)C(C(O)C(O)CO)O3)C2O)C(O)C1O)C(O)/C=C/CCCCCCCCCCCCC. The summed E-state index contributed by atoms with van der Waals surface area (Å²) in [6, 6.07) is -2.62. The average Bonchev–Trinajstić information content (AvgIpc) is 3.03. The second-order valence-corrected chi connectivity index (χ2v) is 22.6. The number of nitrogens with one attached hydrogen (secondary N) is 2. The molecule has 3 fully saturated rings. The first-order valence-electron chi connectivity index (χ1n) is 30.7. The normalized spacial score (nSPS) is 30.3. The molecular formula is C59H106N2O21. The molecule has 0 aromatic rings. The van der Waals surface area contributed by atoms with Crippen LogP contribution in [0.2, 0.25) is 0 Å². The summed E-state index contributed by atoms with van der Waals surface area (Å²) < 4.78 is 34.7. The molecule has 0 aromatic carbocycles. The van der Waals surface area contributed by atoms with Crippen LogP contribution in [0.1, 0.15) is 194 Å². The molecule has 3 aliphatic heterocycles. The van der Waals surface area contributed by atoms with Gasteiger partial charge in [0, 0.05) is 19.8 Å². The van der Waals surface area contributed by atoms with Gasteiger partial charge in [0.25, 0.3) is 5.79 Å². The van der Waals surface area contributed by atoms with E-state index in [1.165, 1.54) is 77.0 Å². The number of aliphatic hydroxyl groups is 11. The molecule has 3 rings (SSSR count). The molecular weight excluding hydrogens is 1070 g/mol. The van der Waals surface area contributed by atoms with Crippen LogP contribution in [0.25, 0.3) is 0 Å². The Labute approximate surface area is 485 Å². The highest BCUT2D eigenvalue weighted by Gasteiger charge is 2.60. The summed E-state index contributed by atoms with van der Waals surface area (Å²) in [7, 11) is 0. The van der Waals surface area contributed by atoms with Crippen LogP contribution < -0.4 is 10.6 Å². The Morgan fingerprint density at radius 2 is 1.15 bits per heavy atom. The fourth-order valence-corrected chi connectivity index (χ4v) is 10.6. The van der Waals surface area contributed by atoms with Gasteiger partial charge in [-0.3, -0.25) is 9.59 Å². The molecule has 3 saturated heterocycles. The van der Waals surface area contributed by atoms with Crippen LogP contribution in [-0.4, -0.2) is 215 Å². The van der Waals surface area contributed by atoms with Crippen molar-refractivity contribution in [3.8, 4) is 0 Å². The van der Waals surface area contributed by atoms with Crippen LogP contribution in [0.5, 0.6) is 0 Å². The maximum absolute atomic E-state index is 13.4. The molecule has 14 N–H and O–H groups in total. The van der Waals surface area contributed by atoms with E-state index in [1.807, 2.05) is 6.08 Å². The van der Waals surface area contributed by atoms with Crippen LogP contribution in [0.3, 0.4) is 0 Å². The molecule has 0 spiro atoms. The molecule has 0 radical (unpaired) electrons. The minimum absolute atomic E-state index is 0.195. The van der Waals surface area contributed by atoms with Crippen molar-refractivity contribution in [3.05, 3.63) is 24.3 Å². The molecule has 3 heterocycles. The zero-order valence-electron chi connectivity index (χ0n) is 49.1. The third kappa shape index (κ3) is 25.3. The zero-order chi connectivity index (χ0) is 60.5. The first-order valence-corrected chi connectivity index (χ1v) is 30.7. The van der Waals surface area contributed by atoms with Gasteiger partial charge in [0.1, 0.15) is 67.1 Å². The van der Waals surface area contributed by atoms with E-state index in [9.17, 15) is 75.7 Å². The molecule has 18 atom stereocenters. The Kier molecular flexibility index (Phi) is 37.0. The summed E-state index contributed by atoms with van der Waals surface area (Å²) in [5, 5.41) is 135. The van der Waals surface area contributed by atoms with Crippen molar-refractivity contribution in [2.24, 2.45) is 0 Å². The minimum atomic E-state index is -3.08. The first kappa shape index (κ1) is 73.5. The van der Waals surface area contributed by atoms with Gasteiger partial charge in [0.05, 0.1) is 50.7 Å². The van der Waals surface area contributed by atoms with Crippen molar-refractivity contribution in [3.63, 3.8) is 0 Å². The summed E-state index contributed by atoms with van der Waals surface area (Å²) >= 11 is 0. The lowest BCUT2D eigenvalue weighted by molar-refractivity contribution is -0.386. The van der Waals surface area contributed by atoms with Gasteiger partial charge < -0.3 is 100 Å². The Balaban J connectivity index is 1.67. The number of hydrogen-bond donors (Lipinski definition) is 14. The number of unbranched alkanes of at least 4 members (excludes halogenated alkanes) is 22. The van der Waals surface area contributed by atoms with Gasteiger partial charge in [0.15, 0.2) is 12.6 Å². The number of hydrogen-bond acceptors (Lipinski definition) is 20. The van der Waals surface area contributed by atoms with E-state index in [2.05, 4.69) is 36.6 Å². The Morgan fingerprint density at radius 1 is 0.634 bits per heavy atom. The molecule has 2 amide bonds. The summed E-state index contributed by atoms with van der Waals surface area (Å²) in [6.45, 7) is 2.07. The molecule has 0 saturated carbocycles. The van der Waals surface area contributed by atoms with E-state index < -0.39 is 155 Å². The maximum Gasteiger partial charge on any atom is 0.364 e. The van der Waals surface area contributed by atoms with Gasteiger partial charge in [-0.1, -0.05) is 154 Å². The summed E-state index contributed by atoms with van der Waals surface area (Å²) in [6.07, 6.45) is 6.71. The number of amides is 2. The van der Waals surface area contributed by atoms with Gasteiger partial charge in [-0.15, -0.1) is 0 Å². The van der Waals surface area contributed by atoms with Crippen LogP contribution in [0.4, 0.5) is 0 Å². The molecule has 0 aromatic heterocycles. The number of aliphatic carboxylic acids is 1. The smallest absolute Gasteiger partial charge is 0.364 e. The maximum atomic E-state index is 13.4. The average molecular weight is 1180 g/mol. The van der Waals surface area contributed by atoms with Crippen LogP contribution in [-0.2, 0) is 42.8 Å². The fourth-order valence-electron chi connectivity index (χ4n) is 10.6. The fraction of sp³-hybridized carbons (Fsp3) is 0.881. The molecule has 0 bridgehead atoms. The number of rotatable bonds is 44. The van der Waals surface area contributed by atoms with Gasteiger partial charge in [-0.05, 0) is 44.9 Å². The number of carboxylic acids is 1. The van der Waals surface area contributed by atoms with Gasteiger partial charge in [0.2, 0.25) is 11.8 Å². The van der Waals surface area contributed by atoms with Crippen molar-refractivity contribution < 1.29 is 104 Å². The monoisotopic (exact) mass is 1180 g/mol. The second-order valence-electron chi connectivity index (χ2n) is 22.6. The van der Waals surface area contributed by atoms with Crippen molar-refractivity contribution in [2.75, 3.05) is 26.4 Å². The van der Waals surface area contributed by atoms with E-state index in [0.717, 1.165) is 77.6 Å². The predicted octanol–water partition coefficient (Wildman–Crippen LogP) is 2.94. The third-order valence-electron chi connectivity index (χ3n) is 15.6. The standard InChI is InChI=1S/C59H106N2O21/c1-4-6-8-10-12-14-16-18-19-21-23-25-27-29-31-33-46(69)61-40(41(66)32-30-28-26-24-22-20-17-15-13-11-9-7-5-2)38-77-56-51(73)50(72)53(45(37-64)79-56)80-57-52(74)55(49(71)44(36-63)78-57)82-59(58(75)76)34-42(67)47(60-39(3)65)54(81-59)48(70)43(68)35-62/h14,16,30,32,40-45,47-57,62-64,66-68,70-74H,4-13,15,17-29,31,33-38H2,1-3H3,(H,60,65)(H,61,69)(H,75,76)/b16-14-,32-30+. The Morgan fingerprint density at radius 3 is 1.67 bits per heavy atom. The Hall–Kier alpha value is -2.79. The lowest BCUT2D eigenvalue weighted by atomic mass is 9.88. The minimum Gasteiger partial charge on any atom is -0.477 e. The third-order valence-corrected chi connectivity index (χ3v) is 15.6. The van der Waals surface area contributed by atoms with E-state index in [1.54, 1.807) is 6.08 Å². The molecule has 3 aliphatic rings. The Bertz CT molecular complexity index is 1780. The molecule has 0 aliphatic carbocycles. The molecule has 18 unspecified atom stereocenters. The highest BCUT2D eigenvalue weighted by Crippen LogP contribution is 2.38. The van der Waals surface area contributed by atoms with Gasteiger partial charge >= 0.3 is 5.97 Å². The summed E-state index contributed by atoms with van der Waals surface area (Å²) in [5.74, 6) is -6.15. The van der Waals surface area contributed by atoms with Gasteiger partial charge in [-0.2, -0.15) is 0 Å². The van der Waals surface area contributed by atoms with E-state index >= 15 is 0 Å². The number of carbonyl (C=O) groups excluding carboxylic acids is 2. The quantitative estimate of drug-likeness (QED) is 0.0308. The molecule has 82 heavy (non-hydrogen) atoms. The molecule has 23 heteroatoms. The van der Waals surface area contributed by atoms with Gasteiger partial charge in [-0.25, -0.2) is 4.79 Å². The topological polar surface area (TPSA) is 373 Å².